The maximum Gasteiger partial charge on any atom is 0.320 e. The summed E-state index contributed by atoms with van der Waals surface area (Å²) in [5, 5.41) is 5.66. The van der Waals surface area contributed by atoms with Crippen LogP contribution in [0, 0.1) is 0 Å². The summed E-state index contributed by atoms with van der Waals surface area (Å²) in [6.45, 7) is 1.17. The topological polar surface area (TPSA) is 76.7 Å². The largest absolute Gasteiger partial charge is 0.493 e. The highest BCUT2D eigenvalue weighted by Gasteiger charge is 2.39. The van der Waals surface area contributed by atoms with Crippen LogP contribution in [0.3, 0.4) is 0 Å². The second-order valence-electron chi connectivity index (χ2n) is 6.46. The Kier molecular flexibility index (Phi) is 6.06. The number of fused-ring (bicyclic) bond motifs is 2. The van der Waals surface area contributed by atoms with Crippen LogP contribution < -0.4 is 15.4 Å². The van der Waals surface area contributed by atoms with E-state index in [1.54, 1.807) is 13.2 Å². The Morgan fingerprint density at radius 1 is 1.00 bits per heavy atom. The monoisotopic (exact) mass is 398 g/mol. The van der Waals surface area contributed by atoms with E-state index in [-0.39, 0.29) is 25.3 Å². The summed E-state index contributed by atoms with van der Waals surface area (Å²) in [7, 11) is 1.66. The van der Waals surface area contributed by atoms with Crippen LogP contribution in [0.25, 0.3) is 5.70 Å². The Hall–Kier alpha value is -2.77. The zero-order chi connectivity index (χ0) is 18.8. The highest BCUT2D eigenvalue weighted by atomic mass is 32.1. The van der Waals surface area contributed by atoms with Crippen molar-refractivity contribution in [3.63, 3.8) is 0 Å². The third-order valence-corrected chi connectivity index (χ3v) is 4.71. The lowest BCUT2D eigenvalue weighted by Gasteiger charge is -2.26. The van der Waals surface area contributed by atoms with E-state index >= 15 is 0 Å². The number of Topliss-reactive ketones (excluding diaryl/α,β-unsaturated/α-hetero) is 1. The molecule has 0 aromatic heterocycles. The third-order valence-electron chi connectivity index (χ3n) is 4.71. The molecule has 1 aliphatic heterocycles. The third kappa shape index (κ3) is 3.63. The van der Waals surface area contributed by atoms with E-state index in [9.17, 15) is 9.59 Å². The Bertz CT molecular complexity index is 942. The number of urea groups is 1. The predicted molar refractivity (Wildman–Crippen MR) is 111 cm³/mol. The molecule has 2 N–H and O–H groups in total. The number of rotatable bonds is 6. The molecule has 28 heavy (non-hydrogen) atoms. The van der Waals surface area contributed by atoms with Crippen molar-refractivity contribution >= 4 is 31.0 Å². The molecule has 2 aliphatic rings. The summed E-state index contributed by atoms with van der Waals surface area (Å²) in [5.74, 6) is 0.631. The molecule has 2 amide bonds. The second kappa shape index (κ2) is 8.50. The van der Waals surface area contributed by atoms with Gasteiger partial charge in [-0.3, -0.25) is 4.79 Å². The van der Waals surface area contributed by atoms with Gasteiger partial charge in [0.2, 0.25) is 0 Å². The first-order valence-electron chi connectivity index (χ1n) is 8.86. The fourth-order valence-electron chi connectivity index (χ4n) is 3.49. The van der Waals surface area contributed by atoms with E-state index in [0.717, 1.165) is 17.5 Å². The first-order chi connectivity index (χ1) is 13.2. The Morgan fingerprint density at radius 3 is 2.57 bits per heavy atom. The van der Waals surface area contributed by atoms with Gasteiger partial charge in [-0.1, -0.05) is 36.4 Å². The molecule has 1 heterocycles. The Morgan fingerprint density at radius 2 is 1.79 bits per heavy atom. The van der Waals surface area contributed by atoms with Crippen molar-refractivity contribution in [2.45, 2.75) is 12.5 Å². The minimum Gasteiger partial charge on any atom is -0.493 e. The number of amides is 2. The molecular formula is C21H22N2O4S. The summed E-state index contributed by atoms with van der Waals surface area (Å²) >= 11 is 0. The van der Waals surface area contributed by atoms with Crippen molar-refractivity contribution in [2.75, 3.05) is 20.3 Å². The van der Waals surface area contributed by atoms with Crippen LogP contribution in [0.1, 0.15) is 33.9 Å². The predicted octanol–water partition coefficient (Wildman–Crippen LogP) is 3.18. The summed E-state index contributed by atoms with van der Waals surface area (Å²) < 4.78 is 10.8. The summed E-state index contributed by atoms with van der Waals surface area (Å²) in [6, 6.07) is 14.0. The maximum absolute atomic E-state index is 13.0. The van der Waals surface area contributed by atoms with Crippen LogP contribution in [0.15, 0.2) is 54.1 Å². The molecule has 2 aromatic rings. The molecule has 0 saturated carbocycles. The van der Waals surface area contributed by atoms with E-state index < -0.39 is 6.04 Å². The van der Waals surface area contributed by atoms with Gasteiger partial charge in [-0.15, -0.1) is 0 Å². The Balaban J connectivity index is 0.00000225. The normalized spacial score (nSPS) is 17.2. The molecule has 0 unspecified atom stereocenters. The van der Waals surface area contributed by atoms with Gasteiger partial charge in [-0.05, 0) is 17.7 Å². The van der Waals surface area contributed by atoms with Crippen molar-refractivity contribution < 1.29 is 19.1 Å². The minimum absolute atomic E-state index is 0. The van der Waals surface area contributed by atoms with Crippen LogP contribution in [0.4, 0.5) is 4.79 Å². The lowest BCUT2D eigenvalue weighted by molar-refractivity contribution is 0.103. The zero-order valence-electron chi connectivity index (χ0n) is 15.5. The number of methoxy groups -OCH3 is 1. The minimum atomic E-state index is -0.517. The van der Waals surface area contributed by atoms with Gasteiger partial charge in [-0.25, -0.2) is 4.79 Å². The molecule has 0 bridgehead atoms. The standard InChI is InChI=1S/C21H20N2O4.H2S/c1-26-10-5-11-27-14-7-4-6-13(12-14)18-17-19(23-21(25)22-18)15-8-2-3-9-16(15)20(17)24;/h2-4,6-9,12,18H,5,10-11H2,1H3,(H2,22,23,25);1H2/t18-;/m0./s1. The molecule has 1 atom stereocenters. The second-order valence-corrected chi connectivity index (χ2v) is 6.46. The fraction of sp³-hybridized carbons (Fsp3) is 0.238. The molecule has 0 radical (unpaired) electrons. The first-order valence-corrected chi connectivity index (χ1v) is 8.86. The van der Waals surface area contributed by atoms with Crippen molar-refractivity contribution in [1.82, 2.24) is 10.6 Å². The number of hydrogen-bond acceptors (Lipinski definition) is 4. The van der Waals surface area contributed by atoms with Crippen LogP contribution in [0.5, 0.6) is 5.75 Å². The number of carbonyl (C=O) groups is 2. The van der Waals surface area contributed by atoms with Gasteiger partial charge < -0.3 is 20.1 Å². The lowest BCUT2D eigenvalue weighted by atomic mass is 9.94. The molecule has 1 aliphatic carbocycles. The molecule has 6 nitrogen and oxygen atoms in total. The first kappa shape index (κ1) is 20.0. The van der Waals surface area contributed by atoms with E-state index in [2.05, 4.69) is 10.6 Å². The molecule has 146 valence electrons. The van der Waals surface area contributed by atoms with Crippen LogP contribution >= 0.6 is 13.5 Å². The average molecular weight is 398 g/mol. The maximum atomic E-state index is 13.0. The molecule has 0 fully saturated rings. The molecule has 0 spiro atoms. The van der Waals surface area contributed by atoms with Crippen molar-refractivity contribution in [1.29, 1.82) is 0 Å². The van der Waals surface area contributed by atoms with E-state index in [4.69, 9.17) is 9.47 Å². The lowest BCUT2D eigenvalue weighted by Crippen LogP contribution is -2.43. The van der Waals surface area contributed by atoms with E-state index in [1.807, 2.05) is 42.5 Å². The van der Waals surface area contributed by atoms with Crippen molar-refractivity contribution in [3.8, 4) is 5.75 Å². The van der Waals surface area contributed by atoms with Gasteiger partial charge >= 0.3 is 6.03 Å². The molecule has 4 rings (SSSR count). The Labute approximate surface area is 170 Å². The van der Waals surface area contributed by atoms with Gasteiger partial charge in [0, 0.05) is 31.3 Å². The number of nitrogens with one attached hydrogen (secondary N) is 2. The quantitative estimate of drug-likeness (QED) is 0.733. The van der Waals surface area contributed by atoms with Crippen LogP contribution in [0.2, 0.25) is 0 Å². The number of carbonyl (C=O) groups excluding carboxylic acids is 2. The van der Waals surface area contributed by atoms with Crippen molar-refractivity contribution in [3.05, 3.63) is 70.8 Å². The van der Waals surface area contributed by atoms with Gasteiger partial charge in [0.05, 0.1) is 23.9 Å². The fourth-order valence-corrected chi connectivity index (χ4v) is 3.49. The van der Waals surface area contributed by atoms with Gasteiger partial charge in [0.25, 0.3) is 0 Å². The number of benzene rings is 2. The molecule has 2 aromatic carbocycles. The van der Waals surface area contributed by atoms with Gasteiger partial charge in [0.15, 0.2) is 5.78 Å². The molecular weight excluding hydrogens is 376 g/mol. The summed E-state index contributed by atoms with van der Waals surface area (Å²) in [6.07, 6.45) is 0.786. The average Bonchev–Trinajstić information content (AvgIpc) is 2.97. The molecule has 7 heteroatoms. The van der Waals surface area contributed by atoms with Crippen molar-refractivity contribution in [2.24, 2.45) is 0 Å². The van der Waals surface area contributed by atoms with Crippen LogP contribution in [-0.4, -0.2) is 32.1 Å². The van der Waals surface area contributed by atoms with Gasteiger partial charge in [-0.2, -0.15) is 13.5 Å². The van der Waals surface area contributed by atoms with Crippen LogP contribution in [-0.2, 0) is 4.74 Å². The van der Waals surface area contributed by atoms with E-state index in [1.165, 1.54) is 0 Å². The van der Waals surface area contributed by atoms with Gasteiger partial charge in [0.1, 0.15) is 5.75 Å². The number of ketones is 1. The highest BCUT2D eigenvalue weighted by molar-refractivity contribution is 7.59. The van der Waals surface area contributed by atoms with E-state index in [0.29, 0.717) is 35.8 Å². The summed E-state index contributed by atoms with van der Waals surface area (Å²) in [4.78, 5) is 25.2. The number of ether oxygens (including phenoxy) is 2. The highest BCUT2D eigenvalue weighted by Crippen LogP contribution is 2.40. The smallest absolute Gasteiger partial charge is 0.320 e. The molecule has 0 saturated heterocycles. The number of hydrogen-bond donors (Lipinski definition) is 2. The summed E-state index contributed by atoms with van der Waals surface area (Å²) in [5.41, 5.74) is 3.35. The SMILES string of the molecule is COCCCOc1cccc([C@@H]2NC(=O)NC3=C2C(=O)c2ccccc23)c1.S. The zero-order valence-corrected chi connectivity index (χ0v) is 16.5.